The van der Waals surface area contributed by atoms with Crippen molar-refractivity contribution in [3.8, 4) is 6.07 Å². The van der Waals surface area contributed by atoms with Gasteiger partial charge in [-0.1, -0.05) is 12.1 Å². The number of anilines is 1. The van der Waals surface area contributed by atoms with Crippen molar-refractivity contribution >= 4 is 28.4 Å². The van der Waals surface area contributed by atoms with E-state index in [2.05, 4.69) is 21.4 Å². The van der Waals surface area contributed by atoms with Gasteiger partial charge in [0.1, 0.15) is 11.9 Å². The summed E-state index contributed by atoms with van der Waals surface area (Å²) in [6, 6.07) is 10.6. The fourth-order valence-electron chi connectivity index (χ4n) is 6.03. The average Bonchev–Trinajstić information content (AvgIpc) is 3.45. The summed E-state index contributed by atoms with van der Waals surface area (Å²) >= 11 is 0. The Morgan fingerprint density at radius 3 is 2.55 bits per heavy atom. The lowest BCUT2D eigenvalue weighted by Crippen LogP contribution is -2.40. The molecule has 1 aromatic carbocycles. The summed E-state index contributed by atoms with van der Waals surface area (Å²) in [5, 5.41) is 10.1. The molecule has 2 atom stereocenters. The number of primary amides is 1. The molecule has 1 amide bonds. The predicted molar refractivity (Wildman–Crippen MR) is 111 cm³/mol. The van der Waals surface area contributed by atoms with Crippen LogP contribution in [0.3, 0.4) is 0 Å². The maximum absolute atomic E-state index is 11.7. The number of imidazole rings is 1. The third-order valence-corrected chi connectivity index (χ3v) is 7.35. The SMILES string of the molecule is N#Cc1c2c(c(N3CCC(C(N)=O)CC3)n3c1nc1ccccc13)C1CCC2C1. The van der Waals surface area contributed by atoms with E-state index in [1.54, 1.807) is 0 Å². The summed E-state index contributed by atoms with van der Waals surface area (Å²) in [7, 11) is 0. The molecule has 6 rings (SSSR count). The number of rotatable bonds is 2. The summed E-state index contributed by atoms with van der Waals surface area (Å²) in [5.41, 5.74) is 11.7. The van der Waals surface area contributed by atoms with E-state index >= 15 is 0 Å². The van der Waals surface area contributed by atoms with Crippen LogP contribution in [0.5, 0.6) is 0 Å². The zero-order valence-corrected chi connectivity index (χ0v) is 16.3. The predicted octanol–water partition coefficient (Wildman–Crippen LogP) is 3.43. The molecular formula is C23H23N5O. The van der Waals surface area contributed by atoms with Crippen LogP contribution in [0.25, 0.3) is 16.7 Å². The first-order valence-electron chi connectivity index (χ1n) is 10.6. The largest absolute Gasteiger partial charge is 0.369 e. The van der Waals surface area contributed by atoms with Gasteiger partial charge in [-0.25, -0.2) is 4.98 Å². The Balaban J connectivity index is 1.64. The van der Waals surface area contributed by atoms with Gasteiger partial charge in [-0.3, -0.25) is 9.20 Å². The molecule has 2 N–H and O–H groups in total. The summed E-state index contributed by atoms with van der Waals surface area (Å²) in [5.74, 6) is 1.99. The number of nitriles is 1. The number of nitrogens with zero attached hydrogens (tertiary/aromatic N) is 4. The van der Waals surface area contributed by atoms with Gasteiger partial charge in [0.25, 0.3) is 0 Å². The van der Waals surface area contributed by atoms with Crippen LogP contribution in [0.4, 0.5) is 5.82 Å². The fraction of sp³-hybridized carbons (Fsp3) is 0.435. The lowest BCUT2D eigenvalue weighted by atomic mass is 9.88. The van der Waals surface area contributed by atoms with Crippen LogP contribution in [0.1, 0.15) is 60.6 Å². The van der Waals surface area contributed by atoms with Crippen molar-refractivity contribution in [1.29, 1.82) is 5.26 Å². The number of hydrogen-bond donors (Lipinski definition) is 1. The van der Waals surface area contributed by atoms with E-state index in [0.717, 1.165) is 54.6 Å². The molecule has 0 spiro atoms. The van der Waals surface area contributed by atoms with E-state index in [-0.39, 0.29) is 11.8 Å². The van der Waals surface area contributed by atoms with Crippen molar-refractivity contribution in [1.82, 2.24) is 9.38 Å². The standard InChI is InChI=1S/C23H23N5O/c24-12-16-19-14-5-6-15(11-14)20(19)23(27-9-7-13(8-10-27)21(25)29)28-18-4-2-1-3-17(18)26-22(16)28/h1-4,13-15H,5-11H2,(H2,25,29). The highest BCUT2D eigenvalue weighted by Crippen LogP contribution is 2.57. The van der Waals surface area contributed by atoms with Gasteiger partial charge in [0.2, 0.25) is 5.91 Å². The maximum atomic E-state index is 11.7. The van der Waals surface area contributed by atoms with Gasteiger partial charge in [0.15, 0.2) is 5.65 Å². The Kier molecular flexibility index (Phi) is 3.46. The second-order valence-electron chi connectivity index (χ2n) is 8.77. The van der Waals surface area contributed by atoms with Crippen molar-refractivity contribution < 1.29 is 4.79 Å². The van der Waals surface area contributed by atoms with Gasteiger partial charge < -0.3 is 10.6 Å². The maximum Gasteiger partial charge on any atom is 0.220 e. The molecule has 1 saturated carbocycles. The smallest absolute Gasteiger partial charge is 0.220 e. The number of carbonyl (C=O) groups excluding carboxylic acids is 1. The summed E-state index contributed by atoms with van der Waals surface area (Å²) in [6.07, 6.45) is 5.09. The van der Waals surface area contributed by atoms with Gasteiger partial charge in [-0.15, -0.1) is 0 Å². The number of para-hydroxylation sites is 2. The van der Waals surface area contributed by atoms with Crippen LogP contribution in [-0.2, 0) is 4.79 Å². The van der Waals surface area contributed by atoms with Gasteiger partial charge in [-0.05, 0) is 61.6 Å². The van der Waals surface area contributed by atoms with E-state index in [1.165, 1.54) is 29.8 Å². The minimum atomic E-state index is -0.188. The Labute approximate surface area is 168 Å². The monoisotopic (exact) mass is 385 g/mol. The highest BCUT2D eigenvalue weighted by molar-refractivity contribution is 5.87. The minimum absolute atomic E-state index is 0.0378. The summed E-state index contributed by atoms with van der Waals surface area (Å²) in [6.45, 7) is 1.62. The van der Waals surface area contributed by atoms with Crippen LogP contribution in [-0.4, -0.2) is 28.4 Å². The Bertz CT molecular complexity index is 1210. The highest BCUT2D eigenvalue weighted by atomic mass is 16.1. The molecule has 3 aromatic rings. The number of piperidine rings is 1. The number of pyridine rings is 1. The van der Waals surface area contributed by atoms with Crippen molar-refractivity contribution in [3.63, 3.8) is 0 Å². The van der Waals surface area contributed by atoms with Crippen molar-refractivity contribution in [2.75, 3.05) is 18.0 Å². The third kappa shape index (κ3) is 2.21. The number of amides is 1. The van der Waals surface area contributed by atoms with E-state index in [9.17, 15) is 10.1 Å². The topological polar surface area (TPSA) is 87.4 Å². The normalized spacial score (nSPS) is 23.6. The first-order chi connectivity index (χ1) is 14.2. The molecule has 0 radical (unpaired) electrons. The molecule has 2 fully saturated rings. The van der Waals surface area contributed by atoms with E-state index in [4.69, 9.17) is 10.7 Å². The quantitative estimate of drug-likeness (QED) is 0.732. The number of fused-ring (bicyclic) bond motifs is 8. The van der Waals surface area contributed by atoms with Gasteiger partial charge in [0.05, 0.1) is 16.6 Å². The second kappa shape index (κ2) is 5.96. The third-order valence-electron chi connectivity index (χ3n) is 7.35. The molecule has 6 nitrogen and oxygen atoms in total. The van der Waals surface area contributed by atoms with Gasteiger partial charge in [-0.2, -0.15) is 5.26 Å². The lowest BCUT2D eigenvalue weighted by molar-refractivity contribution is -0.122. The zero-order valence-electron chi connectivity index (χ0n) is 16.3. The summed E-state index contributed by atoms with van der Waals surface area (Å²) in [4.78, 5) is 19.0. The zero-order chi connectivity index (χ0) is 19.7. The van der Waals surface area contributed by atoms with E-state index < -0.39 is 0 Å². The van der Waals surface area contributed by atoms with E-state index in [0.29, 0.717) is 11.8 Å². The van der Waals surface area contributed by atoms with E-state index in [1.807, 2.05) is 18.2 Å². The highest BCUT2D eigenvalue weighted by Gasteiger charge is 2.43. The van der Waals surface area contributed by atoms with Gasteiger partial charge in [0, 0.05) is 24.6 Å². The van der Waals surface area contributed by atoms with Gasteiger partial charge >= 0.3 is 0 Å². The van der Waals surface area contributed by atoms with Crippen LogP contribution in [0, 0.1) is 17.2 Å². The van der Waals surface area contributed by atoms with Crippen LogP contribution >= 0.6 is 0 Å². The molecule has 1 saturated heterocycles. The lowest BCUT2D eigenvalue weighted by Gasteiger charge is -2.36. The second-order valence-corrected chi connectivity index (χ2v) is 8.77. The summed E-state index contributed by atoms with van der Waals surface area (Å²) < 4.78 is 2.22. The Morgan fingerprint density at radius 1 is 1.10 bits per heavy atom. The fourth-order valence-corrected chi connectivity index (χ4v) is 6.03. The molecule has 1 aliphatic heterocycles. The van der Waals surface area contributed by atoms with Crippen molar-refractivity contribution in [2.24, 2.45) is 11.7 Å². The number of nitrogens with two attached hydrogens (primary N) is 1. The molecule has 2 aliphatic carbocycles. The molecule has 6 heteroatoms. The first-order valence-corrected chi connectivity index (χ1v) is 10.6. The number of carbonyl (C=O) groups is 1. The molecule has 3 heterocycles. The Hall–Kier alpha value is -3.07. The number of hydrogen-bond acceptors (Lipinski definition) is 4. The van der Waals surface area contributed by atoms with Crippen LogP contribution in [0.2, 0.25) is 0 Å². The molecule has 29 heavy (non-hydrogen) atoms. The molecular weight excluding hydrogens is 362 g/mol. The van der Waals surface area contributed by atoms with Crippen LogP contribution in [0.15, 0.2) is 24.3 Å². The number of aromatic nitrogens is 2. The molecule has 3 aliphatic rings. The van der Waals surface area contributed by atoms with Crippen molar-refractivity contribution in [3.05, 3.63) is 41.0 Å². The number of benzene rings is 1. The molecule has 2 aromatic heterocycles. The minimum Gasteiger partial charge on any atom is -0.369 e. The molecule has 146 valence electrons. The van der Waals surface area contributed by atoms with Crippen molar-refractivity contribution in [2.45, 2.75) is 43.9 Å². The first kappa shape index (κ1) is 16.8. The Morgan fingerprint density at radius 2 is 1.83 bits per heavy atom. The van der Waals surface area contributed by atoms with Crippen LogP contribution < -0.4 is 10.6 Å². The molecule has 2 bridgehead atoms. The average molecular weight is 385 g/mol. The molecule has 2 unspecified atom stereocenters.